The summed E-state index contributed by atoms with van der Waals surface area (Å²) in [7, 11) is 1.78. The van der Waals surface area contributed by atoms with E-state index in [9.17, 15) is 4.39 Å². The molecule has 0 amide bonds. The zero-order valence-corrected chi connectivity index (χ0v) is 18.2. The number of guanidine groups is 1. The molecule has 1 aliphatic heterocycles. The Kier molecular flexibility index (Phi) is 7.41. The van der Waals surface area contributed by atoms with Crippen molar-refractivity contribution in [3.63, 3.8) is 0 Å². The molecule has 0 radical (unpaired) electrons. The summed E-state index contributed by atoms with van der Waals surface area (Å²) in [6.45, 7) is 6.98. The predicted molar refractivity (Wildman–Crippen MR) is 116 cm³/mol. The Morgan fingerprint density at radius 3 is 2.78 bits per heavy atom. The normalized spacial score (nSPS) is 16.0. The molecular formula is C20H26FIN4O. The number of pyridine rings is 1. The summed E-state index contributed by atoms with van der Waals surface area (Å²) in [5.74, 6) is 1.15. The lowest BCUT2D eigenvalue weighted by atomic mass is 9.93. The smallest absolute Gasteiger partial charge is 0.193 e. The maximum Gasteiger partial charge on any atom is 0.193 e. The van der Waals surface area contributed by atoms with E-state index in [0.29, 0.717) is 17.7 Å². The van der Waals surface area contributed by atoms with Crippen molar-refractivity contribution in [2.45, 2.75) is 26.8 Å². The molecule has 1 N–H and O–H groups in total. The van der Waals surface area contributed by atoms with Crippen molar-refractivity contribution < 1.29 is 9.13 Å². The molecule has 3 rings (SSSR count). The summed E-state index contributed by atoms with van der Waals surface area (Å²) in [6, 6.07) is 8.46. The highest BCUT2D eigenvalue weighted by Crippen LogP contribution is 2.29. The van der Waals surface area contributed by atoms with Crippen LogP contribution in [0.2, 0.25) is 0 Å². The van der Waals surface area contributed by atoms with E-state index in [2.05, 4.69) is 34.0 Å². The van der Waals surface area contributed by atoms with E-state index in [0.717, 1.165) is 31.0 Å². The van der Waals surface area contributed by atoms with Crippen LogP contribution >= 0.6 is 24.0 Å². The molecule has 0 saturated carbocycles. The number of halogens is 2. The highest BCUT2D eigenvalue weighted by Gasteiger charge is 2.30. The van der Waals surface area contributed by atoms with Crippen LogP contribution in [0.25, 0.3) is 0 Å². The van der Waals surface area contributed by atoms with Gasteiger partial charge in [-0.1, -0.05) is 19.9 Å². The number of nitrogens with zero attached hydrogens (tertiary/aromatic N) is 3. The summed E-state index contributed by atoms with van der Waals surface area (Å²) < 4.78 is 19.9. The van der Waals surface area contributed by atoms with Crippen molar-refractivity contribution in [1.82, 2.24) is 15.2 Å². The molecular weight excluding hydrogens is 458 g/mol. The average molecular weight is 484 g/mol. The van der Waals surface area contributed by atoms with Gasteiger partial charge in [0.1, 0.15) is 5.75 Å². The van der Waals surface area contributed by atoms with Crippen molar-refractivity contribution in [2.75, 3.05) is 20.1 Å². The minimum Gasteiger partial charge on any atom is -0.453 e. The van der Waals surface area contributed by atoms with Gasteiger partial charge in [-0.15, -0.1) is 24.0 Å². The fourth-order valence-electron chi connectivity index (χ4n) is 3.08. The number of aromatic nitrogens is 1. The van der Waals surface area contributed by atoms with Gasteiger partial charge in [-0.05, 0) is 41.7 Å². The van der Waals surface area contributed by atoms with Gasteiger partial charge in [0.05, 0.1) is 6.20 Å². The topological polar surface area (TPSA) is 49.8 Å². The number of nitrogens with one attached hydrogen (secondary N) is 1. The molecule has 2 heterocycles. The van der Waals surface area contributed by atoms with E-state index in [4.69, 9.17) is 4.74 Å². The summed E-state index contributed by atoms with van der Waals surface area (Å²) in [5, 5.41) is 3.32. The largest absolute Gasteiger partial charge is 0.453 e. The first-order chi connectivity index (χ1) is 12.5. The third-order valence-electron chi connectivity index (χ3n) is 4.50. The van der Waals surface area contributed by atoms with Crippen LogP contribution in [0.15, 0.2) is 47.7 Å². The van der Waals surface area contributed by atoms with E-state index in [1.54, 1.807) is 37.6 Å². The number of benzene rings is 1. The molecule has 0 atom stereocenters. The van der Waals surface area contributed by atoms with Crippen molar-refractivity contribution in [3.8, 4) is 11.5 Å². The fraction of sp³-hybridized carbons (Fsp3) is 0.400. The molecule has 5 nitrogen and oxygen atoms in total. The molecule has 0 aliphatic carbocycles. The number of likely N-dealkylation sites (tertiary alicyclic amines) is 1. The van der Waals surface area contributed by atoms with Crippen LogP contribution in [0.5, 0.6) is 11.5 Å². The molecule has 2 aromatic rings. The first-order valence-corrected chi connectivity index (χ1v) is 8.79. The number of ether oxygens (including phenoxy) is 1. The quantitative estimate of drug-likeness (QED) is 0.396. The second-order valence-corrected chi connectivity index (χ2v) is 7.29. The Hall–Kier alpha value is -1.90. The minimum atomic E-state index is -0.398. The van der Waals surface area contributed by atoms with Crippen LogP contribution in [0, 0.1) is 11.2 Å². The molecule has 1 saturated heterocycles. The maximum absolute atomic E-state index is 14.3. The highest BCUT2D eigenvalue weighted by atomic mass is 127. The van der Waals surface area contributed by atoms with Crippen LogP contribution in [0.1, 0.15) is 25.8 Å². The molecule has 0 unspecified atom stereocenters. The zero-order chi connectivity index (χ0) is 18.6. The number of rotatable bonds is 4. The van der Waals surface area contributed by atoms with Gasteiger partial charge in [0.15, 0.2) is 17.5 Å². The lowest BCUT2D eigenvalue weighted by Gasteiger charge is -2.23. The number of hydrogen-bond acceptors (Lipinski definition) is 3. The van der Waals surface area contributed by atoms with Crippen molar-refractivity contribution in [3.05, 3.63) is 54.1 Å². The van der Waals surface area contributed by atoms with Crippen molar-refractivity contribution in [1.29, 1.82) is 0 Å². The maximum atomic E-state index is 14.3. The molecule has 0 spiro atoms. The van der Waals surface area contributed by atoms with E-state index in [-0.39, 0.29) is 29.7 Å². The van der Waals surface area contributed by atoms with E-state index in [1.165, 1.54) is 6.07 Å². The van der Waals surface area contributed by atoms with Crippen LogP contribution in [-0.2, 0) is 6.54 Å². The second kappa shape index (κ2) is 9.34. The Bertz CT molecular complexity index is 783. The van der Waals surface area contributed by atoms with Gasteiger partial charge in [0.25, 0.3) is 0 Å². The molecule has 1 aromatic heterocycles. The summed E-state index contributed by atoms with van der Waals surface area (Å²) in [4.78, 5) is 10.6. The monoisotopic (exact) mass is 484 g/mol. The highest BCUT2D eigenvalue weighted by molar-refractivity contribution is 14.0. The van der Waals surface area contributed by atoms with Gasteiger partial charge in [-0.3, -0.25) is 9.98 Å². The first-order valence-electron chi connectivity index (χ1n) is 8.79. The van der Waals surface area contributed by atoms with Crippen LogP contribution in [0.4, 0.5) is 4.39 Å². The second-order valence-electron chi connectivity index (χ2n) is 7.29. The van der Waals surface area contributed by atoms with Gasteiger partial charge in [0.2, 0.25) is 0 Å². The van der Waals surface area contributed by atoms with Gasteiger partial charge in [-0.2, -0.15) is 0 Å². The molecule has 27 heavy (non-hydrogen) atoms. The predicted octanol–water partition coefficient (Wildman–Crippen LogP) is 4.44. The SMILES string of the molecule is CN=C(NCc1ccc(Oc2cccnc2)c(F)c1)N1CCC(C)(C)C1.I. The first kappa shape index (κ1) is 21.4. The van der Waals surface area contributed by atoms with Crippen molar-refractivity contribution in [2.24, 2.45) is 10.4 Å². The van der Waals surface area contributed by atoms with E-state index < -0.39 is 5.82 Å². The van der Waals surface area contributed by atoms with E-state index in [1.807, 2.05) is 6.07 Å². The van der Waals surface area contributed by atoms with Gasteiger partial charge < -0.3 is 15.0 Å². The molecule has 1 aliphatic rings. The van der Waals surface area contributed by atoms with Crippen LogP contribution in [-0.4, -0.2) is 36.0 Å². The minimum absolute atomic E-state index is 0. The molecule has 1 fully saturated rings. The van der Waals surface area contributed by atoms with Crippen LogP contribution < -0.4 is 10.1 Å². The molecule has 0 bridgehead atoms. The number of aliphatic imine (C=N–C) groups is 1. The molecule has 1 aromatic carbocycles. The third-order valence-corrected chi connectivity index (χ3v) is 4.50. The van der Waals surface area contributed by atoms with Crippen LogP contribution in [0.3, 0.4) is 0 Å². The Morgan fingerprint density at radius 2 is 2.19 bits per heavy atom. The zero-order valence-electron chi connectivity index (χ0n) is 15.9. The van der Waals surface area contributed by atoms with Gasteiger partial charge in [-0.25, -0.2) is 4.39 Å². The third kappa shape index (κ3) is 5.79. The average Bonchev–Trinajstić information content (AvgIpc) is 2.98. The lowest BCUT2D eigenvalue weighted by molar-refractivity contribution is 0.370. The number of hydrogen-bond donors (Lipinski definition) is 1. The van der Waals surface area contributed by atoms with Crippen molar-refractivity contribution >= 4 is 29.9 Å². The summed E-state index contributed by atoms with van der Waals surface area (Å²) in [5.41, 5.74) is 1.13. The standard InChI is InChI=1S/C20H25FN4O.HI/c1-20(2)8-10-25(14-20)19(22-3)24-12-15-6-7-18(17(21)11-15)26-16-5-4-9-23-13-16;/h4-7,9,11,13H,8,10,12,14H2,1-3H3,(H,22,24);1H. The van der Waals surface area contributed by atoms with E-state index >= 15 is 0 Å². The Morgan fingerprint density at radius 1 is 1.37 bits per heavy atom. The molecule has 7 heteroatoms. The Balaban J connectivity index is 0.00000261. The summed E-state index contributed by atoms with van der Waals surface area (Å²) >= 11 is 0. The van der Waals surface area contributed by atoms with Gasteiger partial charge in [0, 0.05) is 32.9 Å². The summed E-state index contributed by atoms with van der Waals surface area (Å²) in [6.07, 6.45) is 4.34. The van der Waals surface area contributed by atoms with Gasteiger partial charge >= 0.3 is 0 Å². The lowest BCUT2D eigenvalue weighted by Crippen LogP contribution is -2.40. The molecule has 146 valence electrons. The fourth-order valence-corrected chi connectivity index (χ4v) is 3.08. The Labute approximate surface area is 177 Å².